The van der Waals surface area contributed by atoms with Crippen LogP contribution < -0.4 is 0 Å². The van der Waals surface area contributed by atoms with Crippen LogP contribution in [0.5, 0.6) is 0 Å². The van der Waals surface area contributed by atoms with E-state index in [1.165, 1.54) is 41.5 Å². The van der Waals surface area contributed by atoms with Gasteiger partial charge in [-0.25, -0.2) is 14.4 Å². The fraction of sp³-hybridized carbons (Fsp3) is 0.849. The standard InChI is InChI=1S/C18H32O8.C17H21F3O6.C16H19F3O6.C14H26O5.8CH4/c1-8-12(2)13(19)24-9-18(7,10-25-14(20)16(3,4)22)11-26-15(21)17(5,6)23;1-4-6(2)14(21)25-12-8-5-9-11(16(23)26-13(9)12)10(8)15(22)24-7(3)17(18,19)20;1-3-6(2)13(20)24-11-7-4-8-10(15(22)25-12(8)11)9(7)14(21)23-5-16(17,18)19;1-7-10(2)11(15)18-8-13(3,4)9-19-12(16)14(5,6)17;;;;;;;;/h12,22-23H,8-11H2,1-7H3;6-13H,4-5H2,1-3H3;6-12H,3-5H2,1-2H3;10,17H,7-9H2,1-6H3;8*1H4. The first-order valence-electron chi connectivity index (χ1n) is 32.2. The van der Waals surface area contributed by atoms with Crippen LogP contribution in [0.2, 0.25) is 0 Å². The van der Waals surface area contributed by atoms with Crippen LogP contribution in [0.15, 0.2) is 0 Å². The monoisotopic (exact) mass is 1520 g/mol. The molecule has 17 atom stereocenters. The molecule has 4 bridgehead atoms. The van der Waals surface area contributed by atoms with Crippen LogP contribution in [0.1, 0.15) is 223 Å². The largest absolute Gasteiger partial charge is 0.465 e. The van der Waals surface area contributed by atoms with Gasteiger partial charge in [0.05, 0.1) is 66.0 Å². The van der Waals surface area contributed by atoms with Gasteiger partial charge in [-0.2, -0.15) is 26.3 Å². The summed E-state index contributed by atoms with van der Waals surface area (Å²) in [6, 6.07) is 0. The van der Waals surface area contributed by atoms with Crippen LogP contribution in [0, 0.1) is 81.8 Å². The average Bonchev–Trinajstić information content (AvgIpc) is 1.56. The molecule has 4 aliphatic carbocycles. The molecule has 6 aliphatic rings. The highest BCUT2D eigenvalue weighted by Gasteiger charge is 2.72. The Morgan fingerprint density at radius 3 is 1.02 bits per heavy atom. The molecule has 3 N–H and O–H groups in total. The Balaban J connectivity index is -0.000000302. The molecule has 4 saturated carbocycles. The lowest BCUT2D eigenvalue weighted by molar-refractivity contribution is -0.220. The zero-order valence-corrected chi connectivity index (χ0v) is 57.9. The highest BCUT2D eigenvalue weighted by atomic mass is 19.4. The number of aliphatic hydroxyl groups is 3. The van der Waals surface area contributed by atoms with Crippen molar-refractivity contribution in [2.75, 3.05) is 39.6 Å². The van der Waals surface area contributed by atoms with Crippen molar-refractivity contribution in [2.24, 2.45) is 81.8 Å². The van der Waals surface area contributed by atoms with Gasteiger partial charge in [0.1, 0.15) is 44.2 Å². The fourth-order valence-corrected chi connectivity index (χ4v) is 10.9. The molecule has 2 heterocycles. The molecule has 2 saturated heterocycles. The summed E-state index contributed by atoms with van der Waals surface area (Å²) in [6.07, 6.45) is -11.2. The van der Waals surface area contributed by atoms with Crippen LogP contribution in [0.4, 0.5) is 26.3 Å². The summed E-state index contributed by atoms with van der Waals surface area (Å²) >= 11 is 0. The Labute approximate surface area is 613 Å². The number of rotatable bonds is 27. The van der Waals surface area contributed by atoms with Crippen LogP contribution in [-0.2, 0) is 105 Å². The minimum absolute atomic E-state index is 0. The second-order valence-corrected chi connectivity index (χ2v) is 28.5. The molecule has 0 aromatic carbocycles. The molecule has 6 fully saturated rings. The Hall–Kier alpha value is -6.37. The number of carbonyl (C=O) groups excluding carboxylic acids is 11. The SMILES string of the molecule is C.C.C.C.C.C.C.C.CCC(C)C(=O)OC1C2CC3C1OC(=O)C3C2C(=O)OC(C)C(F)(F)F.CCC(C)C(=O)OC1C2CC3C1OC(=O)C3C2C(=O)OCC(F)(F)F.CCC(C)C(=O)OCC(C)(C)COC(=O)C(C)(C)O.CCC(C)C(=O)OCC(C)(COC(=O)C(C)(C)O)COC(=O)C(C)(C)O. The summed E-state index contributed by atoms with van der Waals surface area (Å²) in [5.74, 6) is -14.1. The highest BCUT2D eigenvalue weighted by Crippen LogP contribution is 2.60. The van der Waals surface area contributed by atoms with Crippen molar-refractivity contribution >= 4 is 65.7 Å². The second kappa shape index (κ2) is 43.4. The van der Waals surface area contributed by atoms with E-state index in [2.05, 4.69) is 9.47 Å². The van der Waals surface area contributed by atoms with Gasteiger partial charge in [0.2, 0.25) is 0 Å². The van der Waals surface area contributed by atoms with Crippen LogP contribution in [0.3, 0.4) is 0 Å². The van der Waals surface area contributed by atoms with Crippen molar-refractivity contribution in [3.05, 3.63) is 0 Å². The number of ether oxygens (including phenoxy) is 11. The van der Waals surface area contributed by atoms with E-state index in [-0.39, 0.29) is 134 Å². The molecule has 0 amide bonds. The second-order valence-electron chi connectivity index (χ2n) is 28.5. The average molecular weight is 1520 g/mol. The van der Waals surface area contributed by atoms with E-state index in [9.17, 15) is 94.4 Å². The van der Waals surface area contributed by atoms with Gasteiger partial charge in [0, 0.05) is 29.1 Å². The van der Waals surface area contributed by atoms with Gasteiger partial charge in [-0.15, -0.1) is 0 Å². The maximum absolute atomic E-state index is 12.7. The number of alkyl halides is 6. The van der Waals surface area contributed by atoms with Crippen molar-refractivity contribution in [3.63, 3.8) is 0 Å². The quantitative estimate of drug-likeness (QED) is 0.0391. The number of esters is 11. The highest BCUT2D eigenvalue weighted by molar-refractivity contribution is 5.88. The van der Waals surface area contributed by atoms with E-state index >= 15 is 0 Å². The third-order valence-corrected chi connectivity index (χ3v) is 17.7. The smallest absolute Gasteiger partial charge is 0.425 e. The van der Waals surface area contributed by atoms with Gasteiger partial charge in [-0.3, -0.25) is 38.4 Å². The fourth-order valence-electron chi connectivity index (χ4n) is 10.9. The number of carbonyl (C=O) groups is 11. The van der Waals surface area contributed by atoms with Crippen molar-refractivity contribution in [1.82, 2.24) is 0 Å². The molecule has 2 aliphatic heterocycles. The summed E-state index contributed by atoms with van der Waals surface area (Å²) < 4.78 is 131. The van der Waals surface area contributed by atoms with Crippen molar-refractivity contribution < 1.29 is 147 Å². The molecular formula is C73H130F6O25. The third-order valence-electron chi connectivity index (χ3n) is 17.7. The third kappa shape index (κ3) is 29.8. The molecule has 0 aromatic rings. The molecule has 6 rings (SSSR count). The van der Waals surface area contributed by atoms with E-state index in [4.69, 9.17) is 42.6 Å². The molecule has 0 spiro atoms. The summed E-state index contributed by atoms with van der Waals surface area (Å²) in [5, 5.41) is 28.8. The summed E-state index contributed by atoms with van der Waals surface area (Å²) in [7, 11) is 0. The van der Waals surface area contributed by atoms with Crippen LogP contribution >= 0.6 is 0 Å². The Kier molecular flexibility index (Phi) is 45.3. The zero-order valence-electron chi connectivity index (χ0n) is 57.9. The van der Waals surface area contributed by atoms with E-state index < -0.39 is 172 Å². The molecule has 0 aromatic heterocycles. The normalized spacial score (nSPS) is 24.1. The number of fused-ring (bicyclic) bond motifs is 2. The van der Waals surface area contributed by atoms with E-state index in [1.807, 2.05) is 48.5 Å². The number of halogens is 6. The Bertz CT molecular complexity index is 2720. The topological polar surface area (TPSA) is 350 Å². The summed E-state index contributed by atoms with van der Waals surface area (Å²) in [6.45, 7) is 26.1. The maximum atomic E-state index is 12.7. The van der Waals surface area contributed by atoms with Crippen LogP contribution in [0.25, 0.3) is 0 Å². The molecule has 17 unspecified atom stereocenters. The molecule has 104 heavy (non-hydrogen) atoms. The van der Waals surface area contributed by atoms with Crippen LogP contribution in [-0.4, -0.2) is 180 Å². The summed E-state index contributed by atoms with van der Waals surface area (Å²) in [4.78, 5) is 131. The number of hydrogen-bond donors (Lipinski definition) is 3. The Morgan fingerprint density at radius 1 is 0.423 bits per heavy atom. The molecular weight excluding hydrogens is 1390 g/mol. The zero-order chi connectivity index (χ0) is 73.9. The minimum atomic E-state index is -4.69. The van der Waals surface area contributed by atoms with Gasteiger partial charge in [-0.1, -0.05) is 129 Å². The van der Waals surface area contributed by atoms with Crippen molar-refractivity contribution in [3.8, 4) is 0 Å². The summed E-state index contributed by atoms with van der Waals surface area (Å²) in [5.41, 5.74) is -6.39. The van der Waals surface area contributed by atoms with Crippen molar-refractivity contribution in [1.29, 1.82) is 0 Å². The molecule has 25 nitrogen and oxygen atoms in total. The number of hydrogen-bond acceptors (Lipinski definition) is 25. The Morgan fingerprint density at radius 2 is 0.712 bits per heavy atom. The van der Waals surface area contributed by atoms with Gasteiger partial charge in [-0.05, 0) is 93.9 Å². The van der Waals surface area contributed by atoms with E-state index in [0.717, 1.165) is 13.3 Å². The lowest BCUT2D eigenvalue weighted by atomic mass is 9.78. The van der Waals surface area contributed by atoms with Gasteiger partial charge in [0.25, 0.3) is 0 Å². The minimum Gasteiger partial charge on any atom is -0.465 e. The van der Waals surface area contributed by atoms with E-state index in [1.54, 1.807) is 27.7 Å². The van der Waals surface area contributed by atoms with Gasteiger partial charge in [0.15, 0.2) is 29.5 Å². The molecule has 31 heteroatoms. The van der Waals surface area contributed by atoms with Crippen molar-refractivity contribution in [2.45, 2.75) is 282 Å². The maximum Gasteiger partial charge on any atom is 0.425 e. The molecule has 0 radical (unpaired) electrons. The lowest BCUT2D eigenvalue weighted by Gasteiger charge is -2.31. The first kappa shape index (κ1) is 109. The van der Waals surface area contributed by atoms with E-state index in [0.29, 0.717) is 32.1 Å². The lowest BCUT2D eigenvalue weighted by Crippen LogP contribution is -2.45. The van der Waals surface area contributed by atoms with Gasteiger partial charge >= 0.3 is 78.0 Å². The first-order chi connectivity index (χ1) is 43.8. The molecule has 614 valence electrons. The predicted octanol–water partition coefficient (Wildman–Crippen LogP) is 12.3. The van der Waals surface area contributed by atoms with Gasteiger partial charge < -0.3 is 67.4 Å². The first-order valence-corrected chi connectivity index (χ1v) is 32.2. The predicted molar refractivity (Wildman–Crippen MR) is 373 cm³/mol.